The standard InChI is InChI=1S/C9H10N2O2/c10-4-8(12)7-3-6-1-2-13-9(6)5-11-7/h3,5H,1-2,4,10H2. The molecule has 0 saturated heterocycles. The van der Waals surface area contributed by atoms with Crippen LogP contribution in [0.4, 0.5) is 0 Å². The normalized spacial score (nSPS) is 13.6. The second-order valence-electron chi connectivity index (χ2n) is 2.90. The van der Waals surface area contributed by atoms with E-state index in [0.29, 0.717) is 12.3 Å². The van der Waals surface area contributed by atoms with Crippen molar-refractivity contribution in [3.8, 4) is 5.75 Å². The van der Waals surface area contributed by atoms with Crippen LogP contribution in [0, 0.1) is 0 Å². The van der Waals surface area contributed by atoms with Gasteiger partial charge in [0.2, 0.25) is 0 Å². The summed E-state index contributed by atoms with van der Waals surface area (Å²) in [4.78, 5) is 15.2. The Labute approximate surface area is 75.7 Å². The molecule has 0 aliphatic carbocycles. The van der Waals surface area contributed by atoms with E-state index in [1.165, 1.54) is 0 Å². The fourth-order valence-corrected chi connectivity index (χ4v) is 1.34. The van der Waals surface area contributed by atoms with Gasteiger partial charge in [0.05, 0.1) is 19.3 Å². The zero-order valence-corrected chi connectivity index (χ0v) is 7.12. The van der Waals surface area contributed by atoms with Gasteiger partial charge in [-0.15, -0.1) is 0 Å². The molecule has 0 saturated carbocycles. The maximum absolute atomic E-state index is 11.2. The Morgan fingerprint density at radius 1 is 1.69 bits per heavy atom. The van der Waals surface area contributed by atoms with Crippen molar-refractivity contribution in [2.24, 2.45) is 5.73 Å². The van der Waals surface area contributed by atoms with Crippen molar-refractivity contribution < 1.29 is 9.53 Å². The van der Waals surface area contributed by atoms with Gasteiger partial charge in [-0.25, -0.2) is 4.98 Å². The third kappa shape index (κ3) is 1.40. The second kappa shape index (κ2) is 3.14. The van der Waals surface area contributed by atoms with Crippen molar-refractivity contribution in [3.05, 3.63) is 23.5 Å². The Kier molecular flexibility index (Phi) is 1.98. The van der Waals surface area contributed by atoms with Gasteiger partial charge in [0.15, 0.2) is 5.78 Å². The van der Waals surface area contributed by atoms with Gasteiger partial charge >= 0.3 is 0 Å². The fraction of sp³-hybridized carbons (Fsp3) is 0.333. The van der Waals surface area contributed by atoms with Crippen LogP contribution in [0.1, 0.15) is 16.1 Å². The molecule has 1 aliphatic heterocycles. The monoisotopic (exact) mass is 178 g/mol. The summed E-state index contributed by atoms with van der Waals surface area (Å²) < 4.78 is 5.26. The molecule has 0 amide bonds. The van der Waals surface area contributed by atoms with E-state index in [1.54, 1.807) is 12.3 Å². The zero-order chi connectivity index (χ0) is 9.26. The summed E-state index contributed by atoms with van der Waals surface area (Å²) in [6, 6.07) is 1.76. The van der Waals surface area contributed by atoms with E-state index < -0.39 is 0 Å². The lowest BCUT2D eigenvalue weighted by Crippen LogP contribution is -2.15. The van der Waals surface area contributed by atoms with Crippen LogP contribution in [0.25, 0.3) is 0 Å². The highest BCUT2D eigenvalue weighted by Gasteiger charge is 2.15. The topological polar surface area (TPSA) is 65.2 Å². The maximum atomic E-state index is 11.2. The van der Waals surface area contributed by atoms with E-state index in [-0.39, 0.29) is 12.3 Å². The lowest BCUT2D eigenvalue weighted by atomic mass is 10.1. The molecule has 0 bridgehead atoms. The highest BCUT2D eigenvalue weighted by molar-refractivity contribution is 5.95. The van der Waals surface area contributed by atoms with Crippen LogP contribution >= 0.6 is 0 Å². The van der Waals surface area contributed by atoms with E-state index >= 15 is 0 Å². The van der Waals surface area contributed by atoms with Crippen molar-refractivity contribution in [2.45, 2.75) is 6.42 Å². The largest absolute Gasteiger partial charge is 0.491 e. The minimum atomic E-state index is -0.130. The van der Waals surface area contributed by atoms with Crippen molar-refractivity contribution in [1.82, 2.24) is 4.98 Å². The van der Waals surface area contributed by atoms with Crippen molar-refractivity contribution in [1.29, 1.82) is 0 Å². The van der Waals surface area contributed by atoms with Gasteiger partial charge in [-0.2, -0.15) is 0 Å². The first-order valence-electron chi connectivity index (χ1n) is 4.16. The molecule has 13 heavy (non-hydrogen) atoms. The Morgan fingerprint density at radius 2 is 2.54 bits per heavy atom. The lowest BCUT2D eigenvalue weighted by molar-refractivity contribution is 0.0996. The average molecular weight is 178 g/mol. The lowest BCUT2D eigenvalue weighted by Gasteiger charge is -2.00. The van der Waals surface area contributed by atoms with Crippen LogP contribution in [-0.4, -0.2) is 23.9 Å². The number of hydrogen-bond acceptors (Lipinski definition) is 4. The Morgan fingerprint density at radius 3 is 3.31 bits per heavy atom. The predicted molar refractivity (Wildman–Crippen MR) is 46.8 cm³/mol. The summed E-state index contributed by atoms with van der Waals surface area (Å²) in [6.07, 6.45) is 2.44. The third-order valence-corrected chi connectivity index (χ3v) is 2.05. The third-order valence-electron chi connectivity index (χ3n) is 2.05. The van der Waals surface area contributed by atoms with Crippen molar-refractivity contribution >= 4 is 5.78 Å². The van der Waals surface area contributed by atoms with Gasteiger partial charge in [-0.3, -0.25) is 4.79 Å². The number of aromatic nitrogens is 1. The summed E-state index contributed by atoms with van der Waals surface area (Å²) >= 11 is 0. The van der Waals surface area contributed by atoms with E-state index in [9.17, 15) is 4.79 Å². The highest BCUT2D eigenvalue weighted by atomic mass is 16.5. The van der Waals surface area contributed by atoms with Crippen LogP contribution in [-0.2, 0) is 6.42 Å². The molecule has 1 aliphatic rings. The first-order valence-corrected chi connectivity index (χ1v) is 4.16. The number of ether oxygens (including phenoxy) is 1. The van der Waals surface area contributed by atoms with Crippen LogP contribution < -0.4 is 10.5 Å². The second-order valence-corrected chi connectivity index (χ2v) is 2.90. The number of Topliss-reactive ketones (excluding diaryl/α,β-unsaturated/α-hetero) is 1. The molecule has 2 heterocycles. The molecule has 0 radical (unpaired) electrons. The zero-order valence-electron chi connectivity index (χ0n) is 7.12. The number of carbonyl (C=O) groups is 1. The molecular weight excluding hydrogens is 168 g/mol. The Hall–Kier alpha value is -1.42. The van der Waals surface area contributed by atoms with Gasteiger partial charge in [0, 0.05) is 12.0 Å². The van der Waals surface area contributed by atoms with E-state index in [4.69, 9.17) is 10.5 Å². The first kappa shape index (κ1) is 8.19. The number of carbonyl (C=O) groups excluding carboxylic acids is 1. The molecule has 2 rings (SSSR count). The molecule has 68 valence electrons. The minimum absolute atomic E-state index is 0.00659. The number of pyridine rings is 1. The first-order chi connectivity index (χ1) is 6.31. The minimum Gasteiger partial charge on any atom is -0.491 e. The Bertz CT molecular complexity index is 349. The van der Waals surface area contributed by atoms with E-state index in [2.05, 4.69) is 4.98 Å². The molecule has 0 atom stereocenters. The summed E-state index contributed by atoms with van der Waals surface area (Å²) in [6.45, 7) is 0.684. The molecule has 1 aromatic heterocycles. The van der Waals surface area contributed by atoms with Gasteiger partial charge in [-0.05, 0) is 6.07 Å². The van der Waals surface area contributed by atoms with E-state index in [0.717, 1.165) is 17.7 Å². The van der Waals surface area contributed by atoms with Crippen LogP contribution in [0.15, 0.2) is 12.3 Å². The van der Waals surface area contributed by atoms with Gasteiger partial charge in [0.1, 0.15) is 11.4 Å². The average Bonchev–Trinajstić information content (AvgIpc) is 2.63. The molecule has 0 spiro atoms. The molecule has 1 aromatic rings. The molecule has 0 unspecified atom stereocenters. The van der Waals surface area contributed by atoms with E-state index in [1.807, 2.05) is 0 Å². The van der Waals surface area contributed by atoms with Crippen LogP contribution in [0.3, 0.4) is 0 Å². The molecule has 4 nitrogen and oxygen atoms in total. The summed E-state index contributed by atoms with van der Waals surface area (Å²) in [5, 5.41) is 0. The summed E-state index contributed by atoms with van der Waals surface area (Å²) in [7, 11) is 0. The Balaban J connectivity index is 2.36. The smallest absolute Gasteiger partial charge is 0.194 e. The van der Waals surface area contributed by atoms with Crippen LogP contribution in [0.2, 0.25) is 0 Å². The van der Waals surface area contributed by atoms with Gasteiger partial charge in [0.25, 0.3) is 0 Å². The predicted octanol–water partition coefficient (Wildman–Crippen LogP) is 0.158. The molecule has 0 aromatic carbocycles. The highest BCUT2D eigenvalue weighted by Crippen LogP contribution is 2.24. The molecular formula is C9H10N2O2. The maximum Gasteiger partial charge on any atom is 0.194 e. The summed E-state index contributed by atoms with van der Waals surface area (Å²) in [5.41, 5.74) is 6.71. The van der Waals surface area contributed by atoms with Gasteiger partial charge in [-0.1, -0.05) is 0 Å². The summed E-state index contributed by atoms with van der Waals surface area (Å²) in [5.74, 6) is 0.656. The molecule has 0 fully saturated rings. The number of ketones is 1. The number of fused-ring (bicyclic) bond motifs is 1. The van der Waals surface area contributed by atoms with Crippen LogP contribution in [0.5, 0.6) is 5.75 Å². The number of nitrogens with zero attached hydrogens (tertiary/aromatic N) is 1. The number of nitrogens with two attached hydrogens (primary N) is 1. The molecule has 4 heteroatoms. The SMILES string of the molecule is NCC(=O)c1cc2c(cn1)OCC2. The van der Waals surface area contributed by atoms with Crippen molar-refractivity contribution in [2.75, 3.05) is 13.2 Å². The number of hydrogen-bond donors (Lipinski definition) is 1. The fourth-order valence-electron chi connectivity index (χ4n) is 1.34. The molecule has 2 N–H and O–H groups in total. The van der Waals surface area contributed by atoms with Crippen molar-refractivity contribution in [3.63, 3.8) is 0 Å². The van der Waals surface area contributed by atoms with Gasteiger partial charge < -0.3 is 10.5 Å². The quantitative estimate of drug-likeness (QED) is 0.655. The number of rotatable bonds is 2.